The summed E-state index contributed by atoms with van der Waals surface area (Å²) in [5.41, 5.74) is 0.538. The maximum absolute atomic E-state index is 12.0. The van der Waals surface area contributed by atoms with E-state index in [1.165, 1.54) is 10.5 Å². The molecule has 3 aromatic heterocycles. The van der Waals surface area contributed by atoms with Crippen molar-refractivity contribution in [2.24, 2.45) is 0 Å². The molecule has 0 amide bonds. The minimum Gasteiger partial charge on any atom is -0.469 e. The molecule has 0 fully saturated rings. The fourth-order valence-corrected chi connectivity index (χ4v) is 2.16. The van der Waals surface area contributed by atoms with Gasteiger partial charge in [-0.3, -0.25) is 9.20 Å². The van der Waals surface area contributed by atoms with E-state index in [4.69, 9.17) is 4.42 Å². The highest BCUT2D eigenvalue weighted by Crippen LogP contribution is 2.09. The van der Waals surface area contributed by atoms with Crippen LogP contribution in [0.15, 0.2) is 58.1 Å². The number of fused-ring (bicyclic) bond motifs is 1. The summed E-state index contributed by atoms with van der Waals surface area (Å²) >= 11 is 0. The van der Waals surface area contributed by atoms with Crippen LogP contribution in [0.3, 0.4) is 0 Å². The van der Waals surface area contributed by atoms with Crippen LogP contribution in [0.5, 0.6) is 0 Å². The molecule has 0 unspecified atom stereocenters. The van der Waals surface area contributed by atoms with Gasteiger partial charge in [-0.15, -0.1) is 0 Å². The maximum Gasteiger partial charge on any atom is 0.259 e. The summed E-state index contributed by atoms with van der Waals surface area (Å²) in [6.45, 7) is 2.02. The molecule has 0 bridgehead atoms. The van der Waals surface area contributed by atoms with Crippen LogP contribution in [-0.2, 0) is 6.42 Å². The predicted octanol–water partition coefficient (Wildman–Crippen LogP) is 2.33. The van der Waals surface area contributed by atoms with Crippen molar-refractivity contribution < 1.29 is 4.42 Å². The molecule has 3 aromatic rings. The smallest absolute Gasteiger partial charge is 0.259 e. The van der Waals surface area contributed by atoms with Gasteiger partial charge in [0.15, 0.2) is 0 Å². The quantitative estimate of drug-likeness (QED) is 0.789. The van der Waals surface area contributed by atoms with Crippen LogP contribution in [0.25, 0.3) is 5.65 Å². The molecule has 5 heteroatoms. The van der Waals surface area contributed by atoms with Crippen LogP contribution < -0.4 is 10.9 Å². The van der Waals surface area contributed by atoms with Gasteiger partial charge in [0.05, 0.1) is 6.26 Å². The van der Waals surface area contributed by atoms with E-state index in [1.54, 1.807) is 12.5 Å². The van der Waals surface area contributed by atoms with Crippen molar-refractivity contribution in [2.75, 3.05) is 5.32 Å². The summed E-state index contributed by atoms with van der Waals surface area (Å²) < 4.78 is 6.83. The molecule has 5 nitrogen and oxygen atoms in total. The van der Waals surface area contributed by atoms with Gasteiger partial charge in [0.1, 0.15) is 17.2 Å². The Morgan fingerprint density at radius 1 is 1.35 bits per heavy atom. The molecule has 0 aliphatic carbocycles. The van der Waals surface area contributed by atoms with Crippen molar-refractivity contribution in [3.63, 3.8) is 0 Å². The van der Waals surface area contributed by atoms with Crippen molar-refractivity contribution in [3.05, 3.63) is 65.0 Å². The second-order valence-electron chi connectivity index (χ2n) is 4.74. The van der Waals surface area contributed by atoms with E-state index in [2.05, 4.69) is 10.3 Å². The zero-order chi connectivity index (χ0) is 13.9. The summed E-state index contributed by atoms with van der Waals surface area (Å²) in [4.78, 5) is 16.4. The monoisotopic (exact) mass is 269 g/mol. The van der Waals surface area contributed by atoms with Gasteiger partial charge in [-0.1, -0.05) is 6.07 Å². The summed E-state index contributed by atoms with van der Waals surface area (Å²) in [6.07, 6.45) is 4.10. The Kier molecular flexibility index (Phi) is 3.25. The van der Waals surface area contributed by atoms with Gasteiger partial charge < -0.3 is 9.73 Å². The first kappa shape index (κ1) is 12.5. The van der Waals surface area contributed by atoms with E-state index in [1.807, 2.05) is 37.3 Å². The van der Waals surface area contributed by atoms with Crippen molar-refractivity contribution in [2.45, 2.75) is 19.4 Å². The average Bonchev–Trinajstić information content (AvgIpc) is 2.91. The number of aromatic nitrogens is 2. The Morgan fingerprint density at radius 3 is 3.05 bits per heavy atom. The van der Waals surface area contributed by atoms with Gasteiger partial charge in [-0.05, 0) is 31.2 Å². The predicted molar refractivity (Wildman–Crippen MR) is 77.0 cm³/mol. The third-order valence-electron chi connectivity index (χ3n) is 3.05. The Hall–Kier alpha value is -2.56. The number of nitrogens with zero attached hydrogens (tertiary/aromatic N) is 2. The number of anilines is 1. The first-order chi connectivity index (χ1) is 9.72. The molecule has 0 spiro atoms. The molecule has 20 heavy (non-hydrogen) atoms. The first-order valence-electron chi connectivity index (χ1n) is 6.50. The number of furan rings is 1. The Bertz CT molecular complexity index is 762. The van der Waals surface area contributed by atoms with Gasteiger partial charge in [-0.2, -0.15) is 0 Å². The summed E-state index contributed by atoms with van der Waals surface area (Å²) in [5.74, 6) is 1.49. The van der Waals surface area contributed by atoms with Crippen molar-refractivity contribution in [1.29, 1.82) is 0 Å². The minimum absolute atomic E-state index is 0.0942. The molecular formula is C15H15N3O2. The molecule has 102 valence electrons. The lowest BCUT2D eigenvalue weighted by atomic mass is 10.2. The number of hydrogen-bond acceptors (Lipinski definition) is 4. The molecule has 0 radical (unpaired) electrons. The van der Waals surface area contributed by atoms with Gasteiger partial charge in [0.25, 0.3) is 5.56 Å². The highest BCUT2D eigenvalue weighted by Gasteiger charge is 2.08. The van der Waals surface area contributed by atoms with Crippen molar-refractivity contribution >= 4 is 11.5 Å². The van der Waals surface area contributed by atoms with E-state index >= 15 is 0 Å². The van der Waals surface area contributed by atoms with Crippen LogP contribution in [-0.4, -0.2) is 15.4 Å². The van der Waals surface area contributed by atoms with Crippen LogP contribution in [0, 0.1) is 0 Å². The van der Waals surface area contributed by atoms with Gasteiger partial charge in [0.2, 0.25) is 0 Å². The standard InChI is InChI=1S/C15H15N3O2/c1-11(9-12-5-4-8-20-12)16-13-10-15(19)18-7-3-2-6-14(18)17-13/h2-8,10-11,16H,9H2,1H3/t11-/m0/s1. The molecule has 3 rings (SSSR count). The van der Waals surface area contributed by atoms with Gasteiger partial charge >= 0.3 is 0 Å². The Morgan fingerprint density at radius 2 is 2.25 bits per heavy atom. The average molecular weight is 269 g/mol. The fraction of sp³-hybridized carbons (Fsp3) is 0.200. The molecule has 0 aromatic carbocycles. The third kappa shape index (κ3) is 2.56. The van der Waals surface area contributed by atoms with E-state index < -0.39 is 0 Å². The molecule has 1 atom stereocenters. The van der Waals surface area contributed by atoms with Crippen molar-refractivity contribution in [3.8, 4) is 0 Å². The SMILES string of the molecule is C[C@@H](Cc1ccco1)Nc1cc(=O)n2ccccc2n1. The van der Waals surface area contributed by atoms with Crippen LogP contribution in [0.4, 0.5) is 5.82 Å². The number of nitrogens with one attached hydrogen (secondary N) is 1. The molecule has 0 aliphatic heterocycles. The summed E-state index contributed by atoms with van der Waals surface area (Å²) in [7, 11) is 0. The molecule has 1 N–H and O–H groups in total. The number of rotatable bonds is 4. The minimum atomic E-state index is -0.0942. The molecule has 3 heterocycles. The summed E-state index contributed by atoms with van der Waals surface area (Å²) in [6, 6.07) is 10.9. The van der Waals surface area contributed by atoms with E-state index in [-0.39, 0.29) is 11.6 Å². The highest BCUT2D eigenvalue weighted by atomic mass is 16.3. The van der Waals surface area contributed by atoms with E-state index in [9.17, 15) is 4.79 Å². The Balaban J connectivity index is 1.82. The second-order valence-corrected chi connectivity index (χ2v) is 4.74. The topological polar surface area (TPSA) is 59.5 Å². The maximum atomic E-state index is 12.0. The third-order valence-corrected chi connectivity index (χ3v) is 3.05. The van der Waals surface area contributed by atoms with Crippen LogP contribution in [0.1, 0.15) is 12.7 Å². The van der Waals surface area contributed by atoms with E-state index in [0.29, 0.717) is 11.5 Å². The summed E-state index contributed by atoms with van der Waals surface area (Å²) in [5, 5.41) is 3.23. The van der Waals surface area contributed by atoms with Crippen LogP contribution >= 0.6 is 0 Å². The van der Waals surface area contributed by atoms with Crippen molar-refractivity contribution in [1.82, 2.24) is 9.38 Å². The fourth-order valence-electron chi connectivity index (χ4n) is 2.16. The van der Waals surface area contributed by atoms with E-state index in [0.717, 1.165) is 12.2 Å². The first-order valence-corrected chi connectivity index (χ1v) is 6.50. The molecule has 0 saturated heterocycles. The van der Waals surface area contributed by atoms with Gasteiger partial charge in [-0.25, -0.2) is 4.98 Å². The normalized spacial score (nSPS) is 12.4. The second kappa shape index (κ2) is 5.21. The number of hydrogen-bond donors (Lipinski definition) is 1. The lowest BCUT2D eigenvalue weighted by Crippen LogP contribution is -2.22. The molecule has 0 saturated carbocycles. The molecular weight excluding hydrogens is 254 g/mol. The lowest BCUT2D eigenvalue weighted by molar-refractivity contribution is 0.497. The van der Waals surface area contributed by atoms with Crippen LogP contribution in [0.2, 0.25) is 0 Å². The highest BCUT2D eigenvalue weighted by molar-refractivity contribution is 5.46. The largest absolute Gasteiger partial charge is 0.469 e. The zero-order valence-electron chi connectivity index (χ0n) is 11.1. The van der Waals surface area contributed by atoms with Gasteiger partial charge in [0, 0.05) is 24.7 Å². The zero-order valence-corrected chi connectivity index (χ0v) is 11.1. The Labute approximate surface area is 115 Å². The lowest BCUT2D eigenvalue weighted by Gasteiger charge is -2.13. The molecule has 0 aliphatic rings. The number of pyridine rings is 1.